The Labute approximate surface area is 264 Å². The van der Waals surface area contributed by atoms with Gasteiger partial charge in [0.15, 0.2) is 0 Å². The first kappa shape index (κ1) is 31.0. The van der Waals surface area contributed by atoms with Gasteiger partial charge in [0.1, 0.15) is 47.2 Å². The van der Waals surface area contributed by atoms with E-state index in [0.717, 1.165) is 18.5 Å². The van der Waals surface area contributed by atoms with Crippen molar-refractivity contribution in [2.24, 2.45) is 0 Å². The minimum Gasteiger partial charge on any atom is -0.495 e. The maximum absolute atomic E-state index is 15.4. The van der Waals surface area contributed by atoms with E-state index in [-0.39, 0.29) is 29.9 Å². The van der Waals surface area contributed by atoms with Crippen LogP contribution in [-0.4, -0.2) is 82.5 Å². The molecule has 2 aliphatic heterocycles. The predicted molar refractivity (Wildman–Crippen MR) is 171 cm³/mol. The third-order valence-corrected chi connectivity index (χ3v) is 8.27. The number of fused-ring (bicyclic) bond motifs is 1. The van der Waals surface area contributed by atoms with Crippen molar-refractivity contribution < 1.29 is 28.2 Å². The number of carbonyl (C=O) groups excluding carboxylic acids is 1. The number of hydrogen-bond donors (Lipinski definition) is 3. The molecule has 2 fully saturated rings. The summed E-state index contributed by atoms with van der Waals surface area (Å²) in [5.74, 6) is 1.59. The van der Waals surface area contributed by atoms with Crippen LogP contribution in [0.3, 0.4) is 0 Å². The lowest BCUT2D eigenvalue weighted by atomic mass is 10.0. The predicted octanol–water partition coefficient (Wildman–Crippen LogP) is 5.21. The zero-order valence-electron chi connectivity index (χ0n) is 25.3. The number of hydrogen-bond acceptors (Lipinski definition) is 10. The molecule has 0 radical (unpaired) electrons. The minimum absolute atomic E-state index is 0.0340. The molecular weight excluding hydrogens is 596 g/mol. The summed E-state index contributed by atoms with van der Waals surface area (Å²) in [5.41, 5.74) is 1.54. The average molecular weight is 632 g/mol. The van der Waals surface area contributed by atoms with Crippen LogP contribution in [-0.2, 0) is 4.79 Å². The molecule has 6 rings (SSSR count). The van der Waals surface area contributed by atoms with Crippen molar-refractivity contribution in [3.05, 3.63) is 73.5 Å². The Morgan fingerprint density at radius 1 is 1.04 bits per heavy atom. The summed E-state index contributed by atoms with van der Waals surface area (Å²) in [6.45, 7) is 5.32. The van der Waals surface area contributed by atoms with E-state index in [9.17, 15) is 14.3 Å². The second-order valence-electron chi connectivity index (χ2n) is 11.3. The molecule has 0 unspecified atom stereocenters. The van der Waals surface area contributed by atoms with E-state index in [1.165, 1.54) is 18.5 Å². The van der Waals surface area contributed by atoms with Gasteiger partial charge in [-0.2, -0.15) is 0 Å². The van der Waals surface area contributed by atoms with Crippen LogP contribution in [0.4, 0.5) is 31.8 Å². The summed E-state index contributed by atoms with van der Waals surface area (Å²) in [5, 5.41) is 17.0. The highest BCUT2D eigenvalue weighted by Crippen LogP contribution is 2.35. The van der Waals surface area contributed by atoms with Crippen molar-refractivity contribution in [2.75, 3.05) is 48.8 Å². The van der Waals surface area contributed by atoms with Gasteiger partial charge in [0.2, 0.25) is 5.91 Å². The van der Waals surface area contributed by atoms with E-state index in [4.69, 9.17) is 9.47 Å². The minimum atomic E-state index is -1.36. The van der Waals surface area contributed by atoms with Crippen LogP contribution in [0.5, 0.6) is 17.2 Å². The molecule has 4 aromatic rings. The lowest BCUT2D eigenvalue weighted by molar-refractivity contribution is -0.126. The first-order valence-corrected chi connectivity index (χ1v) is 15.1. The fourth-order valence-electron chi connectivity index (χ4n) is 5.72. The number of anilines is 4. The third kappa shape index (κ3) is 6.79. The summed E-state index contributed by atoms with van der Waals surface area (Å²) < 4.78 is 41.0. The number of rotatable bonds is 9. The maximum Gasteiger partial charge on any atom is 0.245 e. The van der Waals surface area contributed by atoms with Crippen molar-refractivity contribution in [3.8, 4) is 17.2 Å². The van der Waals surface area contributed by atoms with Gasteiger partial charge in [0, 0.05) is 55.5 Å². The van der Waals surface area contributed by atoms with E-state index in [1.54, 1.807) is 53.4 Å². The van der Waals surface area contributed by atoms with Gasteiger partial charge in [-0.15, -0.1) is 0 Å². The molecule has 240 valence electrons. The highest BCUT2D eigenvalue weighted by atomic mass is 19.1. The smallest absolute Gasteiger partial charge is 0.245 e. The summed E-state index contributed by atoms with van der Waals surface area (Å²) in [7, 11) is 1.59. The van der Waals surface area contributed by atoms with Crippen molar-refractivity contribution >= 4 is 39.8 Å². The summed E-state index contributed by atoms with van der Waals surface area (Å²) in [6, 6.07) is 11.5. The fourth-order valence-corrected chi connectivity index (χ4v) is 5.72. The lowest BCUT2D eigenvalue weighted by Crippen LogP contribution is -2.44. The van der Waals surface area contributed by atoms with Crippen molar-refractivity contribution in [1.82, 2.24) is 19.9 Å². The van der Waals surface area contributed by atoms with Crippen molar-refractivity contribution in [3.63, 3.8) is 0 Å². The fraction of sp³-hybridized carbons (Fsp3) is 0.333. The monoisotopic (exact) mass is 631 g/mol. The Kier molecular flexibility index (Phi) is 9.11. The van der Waals surface area contributed by atoms with Crippen LogP contribution < -0.4 is 25.0 Å². The van der Waals surface area contributed by atoms with Gasteiger partial charge in [0.25, 0.3) is 0 Å². The molecule has 3 N–H and O–H groups in total. The molecule has 1 amide bonds. The van der Waals surface area contributed by atoms with Gasteiger partial charge in [-0.1, -0.05) is 6.58 Å². The highest BCUT2D eigenvalue weighted by molar-refractivity contribution is 5.95. The number of benzene rings is 2. The Morgan fingerprint density at radius 3 is 2.59 bits per heavy atom. The standard InChI is InChI=1S/C33H35F2N7O4/c1-3-32(44)41-11-7-20(8-12-41)39-28-16-23-27(17-30(28)45-2)37-19-38-33(23)40-26-5-4-21(14-24(26)34)46-22-6-10-36-31(15-22)42-13-9-29(43)25(35)18-42/h3-6,10,14-17,19-20,25,29,39,43H,1,7-9,11-13,18H2,2H3,(H,37,38,40)/t25-,29+/m1/s1. The zero-order chi connectivity index (χ0) is 32.2. The van der Waals surface area contributed by atoms with Crippen molar-refractivity contribution in [1.29, 1.82) is 0 Å². The average Bonchev–Trinajstić information content (AvgIpc) is 3.07. The molecule has 0 bridgehead atoms. The number of alkyl halides is 1. The van der Waals surface area contributed by atoms with Gasteiger partial charge >= 0.3 is 0 Å². The normalized spacial score (nSPS) is 18.7. The SMILES string of the molecule is C=CC(=O)N1CCC(Nc2cc3c(Nc4ccc(Oc5ccnc(N6CC[C@H](O)[C@H](F)C6)c5)cc4F)ncnc3cc2OC)CC1. The summed E-state index contributed by atoms with van der Waals surface area (Å²) in [6.07, 6.45) is 3.77. The van der Waals surface area contributed by atoms with Gasteiger partial charge in [-0.05, 0) is 49.6 Å². The highest BCUT2D eigenvalue weighted by Gasteiger charge is 2.28. The third-order valence-electron chi connectivity index (χ3n) is 8.27. The Hall–Kier alpha value is -5.04. The van der Waals surface area contributed by atoms with Gasteiger partial charge in [0.05, 0.1) is 36.6 Å². The van der Waals surface area contributed by atoms with E-state index in [1.807, 2.05) is 6.07 Å². The number of nitrogens with zero attached hydrogens (tertiary/aromatic N) is 5. The molecule has 2 saturated heterocycles. The van der Waals surface area contributed by atoms with Crippen LogP contribution in [0.15, 0.2) is 67.6 Å². The first-order chi connectivity index (χ1) is 22.3. The lowest BCUT2D eigenvalue weighted by Gasteiger charge is -2.33. The number of ether oxygens (including phenoxy) is 2. The van der Waals surface area contributed by atoms with E-state index >= 15 is 4.39 Å². The molecule has 2 aromatic heterocycles. The molecule has 4 heterocycles. The number of piperidine rings is 2. The number of pyridine rings is 1. The molecule has 0 aliphatic carbocycles. The Morgan fingerprint density at radius 2 is 1.85 bits per heavy atom. The molecule has 2 aromatic carbocycles. The second-order valence-corrected chi connectivity index (χ2v) is 11.3. The molecule has 0 spiro atoms. The van der Waals surface area contributed by atoms with Crippen LogP contribution in [0, 0.1) is 5.82 Å². The number of amides is 1. The van der Waals surface area contributed by atoms with E-state index in [2.05, 4.69) is 32.2 Å². The molecule has 11 nitrogen and oxygen atoms in total. The van der Waals surface area contributed by atoms with Gasteiger partial charge < -0.3 is 35.0 Å². The van der Waals surface area contributed by atoms with Crippen LogP contribution in [0.1, 0.15) is 19.3 Å². The number of nitrogens with one attached hydrogen (secondary N) is 2. The van der Waals surface area contributed by atoms with Crippen LogP contribution >= 0.6 is 0 Å². The number of carbonyl (C=O) groups is 1. The zero-order valence-corrected chi connectivity index (χ0v) is 25.3. The number of likely N-dealkylation sites (tertiary alicyclic amines) is 1. The van der Waals surface area contributed by atoms with E-state index in [0.29, 0.717) is 60.1 Å². The summed E-state index contributed by atoms with van der Waals surface area (Å²) in [4.78, 5) is 28.6. The molecule has 46 heavy (non-hydrogen) atoms. The first-order valence-electron chi connectivity index (χ1n) is 15.1. The Balaban J connectivity index is 1.17. The van der Waals surface area contributed by atoms with Crippen molar-refractivity contribution in [2.45, 2.75) is 37.6 Å². The quantitative estimate of drug-likeness (QED) is 0.212. The molecule has 2 atom stereocenters. The molecule has 0 saturated carbocycles. The Bertz CT molecular complexity index is 1730. The number of halogens is 2. The van der Waals surface area contributed by atoms with Gasteiger partial charge in [-0.25, -0.2) is 23.7 Å². The molecule has 13 heteroatoms. The summed E-state index contributed by atoms with van der Waals surface area (Å²) >= 11 is 0. The maximum atomic E-state index is 15.4. The van der Waals surface area contributed by atoms with Gasteiger partial charge in [-0.3, -0.25) is 4.79 Å². The number of methoxy groups -OCH3 is 1. The number of aliphatic hydroxyl groups is 1. The number of aliphatic hydroxyl groups excluding tert-OH is 1. The molecule has 2 aliphatic rings. The number of aromatic nitrogens is 3. The largest absolute Gasteiger partial charge is 0.495 e. The van der Waals surface area contributed by atoms with E-state index < -0.39 is 18.1 Å². The molecular formula is C33H35F2N7O4. The van der Waals surface area contributed by atoms with Crippen LogP contribution in [0.2, 0.25) is 0 Å². The second kappa shape index (κ2) is 13.5. The topological polar surface area (TPSA) is 125 Å². The van der Waals surface area contributed by atoms with Crippen LogP contribution in [0.25, 0.3) is 10.9 Å².